The summed E-state index contributed by atoms with van der Waals surface area (Å²) in [5.74, 6) is -4.94. The van der Waals surface area contributed by atoms with Gasteiger partial charge in [0.1, 0.15) is 12.1 Å². The summed E-state index contributed by atoms with van der Waals surface area (Å²) in [4.78, 5) is 51.6. The maximum Gasteiger partial charge on any atom is 0.321 e. The van der Waals surface area contributed by atoms with Crippen LogP contribution in [0.25, 0.3) is 0 Å². The molecular weight excluding hydrogens is 476 g/mol. The highest BCUT2D eigenvalue weighted by Gasteiger charge is 2.50. The number of hydrogen-bond donors (Lipinski definition) is 4. The van der Waals surface area contributed by atoms with Gasteiger partial charge >= 0.3 is 23.9 Å². The largest absolute Gasteiger partial charge is 0.480 e. The Morgan fingerprint density at radius 1 is 0.722 bits per heavy atom. The molecule has 0 aromatic rings. The fraction of sp³-hybridized carbons (Fsp3) is 0.833. The molecule has 0 bridgehead atoms. The molecular formula is C24H42N2O10. The van der Waals surface area contributed by atoms with Gasteiger partial charge in [-0.2, -0.15) is 0 Å². The Kier molecular flexibility index (Phi) is 11.7. The highest BCUT2D eigenvalue weighted by molar-refractivity contribution is 5.77. The predicted octanol–water partition coefficient (Wildman–Crippen LogP) is 1.32. The topological polar surface area (TPSA) is 174 Å². The number of rotatable bonds is 16. The summed E-state index contributed by atoms with van der Waals surface area (Å²) in [5, 5.41) is 39.9. The van der Waals surface area contributed by atoms with E-state index in [9.17, 15) is 39.6 Å². The van der Waals surface area contributed by atoms with Crippen molar-refractivity contribution < 1.29 is 49.1 Å². The molecule has 0 heterocycles. The minimum absolute atomic E-state index is 0.0366. The van der Waals surface area contributed by atoms with Crippen LogP contribution in [-0.2, 0) is 28.7 Å². The number of ether oxygens (including phenoxy) is 2. The van der Waals surface area contributed by atoms with Gasteiger partial charge in [-0.1, -0.05) is 40.5 Å². The van der Waals surface area contributed by atoms with Crippen LogP contribution in [0.15, 0.2) is 0 Å². The maximum absolute atomic E-state index is 12.5. The molecule has 1 rings (SSSR count). The van der Waals surface area contributed by atoms with Gasteiger partial charge < -0.3 is 29.9 Å². The summed E-state index contributed by atoms with van der Waals surface area (Å²) in [5.41, 5.74) is -2.01. The zero-order valence-corrected chi connectivity index (χ0v) is 22.1. The highest BCUT2D eigenvalue weighted by Crippen LogP contribution is 2.37. The molecule has 36 heavy (non-hydrogen) atoms. The molecule has 4 atom stereocenters. The van der Waals surface area contributed by atoms with Crippen LogP contribution in [0.3, 0.4) is 0 Å². The molecule has 1 fully saturated rings. The summed E-state index contributed by atoms with van der Waals surface area (Å²) >= 11 is 0. The van der Waals surface area contributed by atoms with Gasteiger partial charge in [0.25, 0.3) is 0 Å². The molecule has 12 heteroatoms. The molecule has 0 aromatic carbocycles. The van der Waals surface area contributed by atoms with Gasteiger partial charge in [0.2, 0.25) is 0 Å². The van der Waals surface area contributed by atoms with Crippen molar-refractivity contribution in [3.8, 4) is 0 Å². The lowest BCUT2D eigenvalue weighted by Crippen LogP contribution is -2.66. The fourth-order valence-electron chi connectivity index (χ4n) is 5.73. The van der Waals surface area contributed by atoms with Gasteiger partial charge in [-0.15, -0.1) is 0 Å². The Bertz CT molecular complexity index is 721. The van der Waals surface area contributed by atoms with Crippen molar-refractivity contribution in [2.45, 2.75) is 77.5 Å². The normalized spacial score (nSPS) is 20.8. The average Bonchev–Trinajstić information content (AvgIpc) is 2.71. The smallest absolute Gasteiger partial charge is 0.321 e. The second-order valence-electron chi connectivity index (χ2n) is 10.9. The van der Waals surface area contributed by atoms with Crippen LogP contribution in [0.4, 0.5) is 0 Å². The number of carbonyl (C=O) groups is 4. The van der Waals surface area contributed by atoms with Crippen molar-refractivity contribution in [2.24, 2.45) is 10.8 Å². The van der Waals surface area contributed by atoms with Crippen molar-refractivity contribution in [3.63, 3.8) is 0 Å². The Hall–Kier alpha value is -2.28. The highest BCUT2D eigenvalue weighted by atomic mass is 16.5. The van der Waals surface area contributed by atoms with Crippen molar-refractivity contribution in [3.05, 3.63) is 0 Å². The SMILES string of the molecule is COCC(C)(C)C(C(=O)O)N(CC(=O)O)[C@@H]1CCCC[C@H]1N(CC(=O)O)C(C(=O)O)C(C)(C)COC. The molecule has 2 unspecified atom stereocenters. The first-order valence-corrected chi connectivity index (χ1v) is 12.0. The van der Waals surface area contributed by atoms with E-state index in [2.05, 4.69) is 0 Å². The number of carboxylic acid groups (broad SMARTS) is 4. The lowest BCUT2D eigenvalue weighted by molar-refractivity contribution is -0.165. The van der Waals surface area contributed by atoms with E-state index in [1.807, 2.05) is 0 Å². The predicted molar refractivity (Wildman–Crippen MR) is 129 cm³/mol. The van der Waals surface area contributed by atoms with E-state index >= 15 is 0 Å². The molecule has 208 valence electrons. The molecule has 4 N–H and O–H groups in total. The van der Waals surface area contributed by atoms with Crippen molar-refractivity contribution in [2.75, 3.05) is 40.5 Å². The van der Waals surface area contributed by atoms with Crippen molar-refractivity contribution in [1.29, 1.82) is 0 Å². The van der Waals surface area contributed by atoms with Crippen molar-refractivity contribution in [1.82, 2.24) is 9.80 Å². The second-order valence-corrected chi connectivity index (χ2v) is 10.9. The summed E-state index contributed by atoms with van der Waals surface area (Å²) in [6, 6.07) is -3.99. The van der Waals surface area contributed by atoms with E-state index in [-0.39, 0.29) is 13.2 Å². The van der Waals surface area contributed by atoms with Crippen LogP contribution in [-0.4, -0.2) is 119 Å². The third kappa shape index (κ3) is 8.12. The van der Waals surface area contributed by atoms with Gasteiger partial charge in [-0.05, 0) is 12.8 Å². The standard InChI is InChI=1S/C24H42N2O10/c1-23(2,13-35-5)19(21(31)32)25(11-17(27)28)15-9-7-8-10-16(15)26(12-18(29)30)20(22(33)34)24(3,4)14-36-6/h15-16,19-20H,7-14H2,1-6H3,(H,27,28)(H,29,30)(H,31,32)(H,33,34)/t15-,16-,19?,20?/m1/s1. The van der Waals surface area contributed by atoms with Crippen LogP contribution >= 0.6 is 0 Å². The van der Waals surface area contributed by atoms with E-state index in [0.29, 0.717) is 25.7 Å². The van der Waals surface area contributed by atoms with E-state index in [0.717, 1.165) is 0 Å². The summed E-state index contributed by atoms with van der Waals surface area (Å²) in [6.07, 6.45) is 2.10. The lowest BCUT2D eigenvalue weighted by Gasteiger charge is -2.51. The lowest BCUT2D eigenvalue weighted by atomic mass is 9.78. The number of hydrogen-bond acceptors (Lipinski definition) is 8. The molecule has 0 spiro atoms. The molecule has 0 amide bonds. The molecule has 1 saturated carbocycles. The van der Waals surface area contributed by atoms with Gasteiger partial charge in [0.15, 0.2) is 0 Å². The van der Waals surface area contributed by atoms with Gasteiger partial charge in [0, 0.05) is 37.1 Å². The van der Waals surface area contributed by atoms with Crippen LogP contribution in [0, 0.1) is 10.8 Å². The summed E-state index contributed by atoms with van der Waals surface area (Å²) in [6.45, 7) is 5.52. The van der Waals surface area contributed by atoms with Crippen LogP contribution in [0.1, 0.15) is 53.4 Å². The minimum atomic E-state index is -1.28. The Morgan fingerprint density at radius 2 is 1.03 bits per heavy atom. The zero-order chi connectivity index (χ0) is 27.8. The first kappa shape index (κ1) is 31.7. The van der Waals surface area contributed by atoms with Crippen LogP contribution in [0.5, 0.6) is 0 Å². The number of methoxy groups -OCH3 is 2. The molecule has 0 aliphatic heterocycles. The van der Waals surface area contributed by atoms with E-state index in [1.165, 1.54) is 24.0 Å². The first-order chi connectivity index (χ1) is 16.6. The van der Waals surface area contributed by atoms with Crippen LogP contribution in [0.2, 0.25) is 0 Å². The summed E-state index contributed by atoms with van der Waals surface area (Å²) in [7, 11) is 2.85. The van der Waals surface area contributed by atoms with Crippen molar-refractivity contribution >= 4 is 23.9 Å². The zero-order valence-electron chi connectivity index (χ0n) is 22.1. The monoisotopic (exact) mass is 518 g/mol. The maximum atomic E-state index is 12.5. The second kappa shape index (κ2) is 13.3. The molecule has 0 saturated heterocycles. The number of nitrogens with zero attached hydrogens (tertiary/aromatic N) is 2. The van der Waals surface area contributed by atoms with Gasteiger partial charge in [-0.25, -0.2) is 0 Å². The summed E-state index contributed by atoms with van der Waals surface area (Å²) < 4.78 is 10.5. The van der Waals surface area contributed by atoms with Crippen LogP contribution < -0.4 is 0 Å². The first-order valence-electron chi connectivity index (χ1n) is 12.0. The Balaban J connectivity index is 3.72. The Labute approximate surface area is 212 Å². The quantitative estimate of drug-likeness (QED) is 0.231. The molecule has 1 aliphatic carbocycles. The number of aliphatic carboxylic acids is 4. The third-order valence-corrected chi connectivity index (χ3v) is 6.83. The van der Waals surface area contributed by atoms with E-state index < -0.39 is 72.0 Å². The molecule has 0 radical (unpaired) electrons. The van der Waals surface area contributed by atoms with E-state index in [4.69, 9.17) is 9.47 Å². The minimum Gasteiger partial charge on any atom is -0.480 e. The molecule has 1 aliphatic rings. The van der Waals surface area contributed by atoms with Gasteiger partial charge in [0.05, 0.1) is 26.3 Å². The molecule has 12 nitrogen and oxygen atoms in total. The third-order valence-electron chi connectivity index (χ3n) is 6.83. The van der Waals surface area contributed by atoms with Gasteiger partial charge in [-0.3, -0.25) is 29.0 Å². The molecule has 0 aromatic heterocycles. The van der Waals surface area contributed by atoms with E-state index in [1.54, 1.807) is 27.7 Å². The average molecular weight is 519 g/mol. The Morgan fingerprint density at radius 3 is 1.25 bits per heavy atom. The number of carboxylic acids is 4. The fourth-order valence-corrected chi connectivity index (χ4v) is 5.73.